The van der Waals surface area contributed by atoms with Crippen molar-refractivity contribution >= 4 is 22.7 Å². The molecule has 12 aromatic rings. The number of hydrogen-bond acceptors (Lipinski definition) is 2. The number of hydrogen-bond donors (Lipinski definition) is 2. The van der Waals surface area contributed by atoms with Crippen molar-refractivity contribution in [1.29, 1.82) is 0 Å². The average Bonchev–Trinajstić information content (AvgIpc) is 3.80. The first-order valence-electron chi connectivity index (χ1n) is 25.8. The lowest BCUT2D eigenvalue weighted by Gasteiger charge is -2.34. The highest BCUT2D eigenvalue weighted by Gasteiger charge is 2.46. The van der Waals surface area contributed by atoms with Crippen LogP contribution in [0.2, 0.25) is 0 Å². The number of benzene rings is 12. The van der Waals surface area contributed by atoms with Crippen LogP contribution in [-0.4, -0.2) is 0 Å². The molecule has 2 heteroatoms. The second-order valence-corrected chi connectivity index (χ2v) is 19.4. The zero-order valence-corrected chi connectivity index (χ0v) is 41.4. The Kier molecular flexibility index (Phi) is 11.8. The van der Waals surface area contributed by atoms with Crippen LogP contribution in [0.15, 0.2) is 303 Å². The van der Waals surface area contributed by atoms with Crippen LogP contribution in [-0.2, 0) is 5.41 Å². The summed E-state index contributed by atoms with van der Waals surface area (Å²) in [7, 11) is 0. The van der Waals surface area contributed by atoms with Crippen molar-refractivity contribution in [2.75, 3.05) is 10.6 Å². The molecule has 0 fully saturated rings. The summed E-state index contributed by atoms with van der Waals surface area (Å²) in [6, 6.07) is 110. The van der Waals surface area contributed by atoms with E-state index in [0.717, 1.165) is 45.0 Å². The Balaban J connectivity index is 0.948. The number of fused-ring (bicyclic) bond motifs is 3. The van der Waals surface area contributed by atoms with Gasteiger partial charge in [-0.1, -0.05) is 243 Å². The molecule has 0 atom stereocenters. The van der Waals surface area contributed by atoms with Crippen LogP contribution >= 0.6 is 0 Å². The standard InChI is InChI=1S/C73H52N2/c1-5-19-51(20-6-1)53-35-39-61(40-36-53)74-63-43-45-65(55-23-9-3-10-24-55)69(49-63)57-27-17-29-59(47-57)73(71-33-15-13-31-67(71)68-32-14-16-34-72(68)73)60-30-18-28-58(48-60)70-50-64(44-46-66(70)56-25-11-4-12-26-56)75-62-41-37-54(38-42-62)52-21-7-2-8-22-52/h1-50,74-75H. The first-order chi connectivity index (χ1) is 37.2. The molecule has 0 heterocycles. The molecule has 0 bridgehead atoms. The molecule has 1 aliphatic carbocycles. The fraction of sp³-hybridized carbons (Fsp3) is 0.0137. The van der Waals surface area contributed by atoms with Crippen molar-refractivity contribution in [1.82, 2.24) is 0 Å². The third-order valence-electron chi connectivity index (χ3n) is 14.9. The van der Waals surface area contributed by atoms with Crippen LogP contribution in [0.4, 0.5) is 22.7 Å². The largest absolute Gasteiger partial charge is 0.356 e. The topological polar surface area (TPSA) is 24.1 Å². The number of anilines is 4. The fourth-order valence-corrected chi connectivity index (χ4v) is 11.4. The fourth-order valence-electron chi connectivity index (χ4n) is 11.4. The van der Waals surface area contributed by atoms with Gasteiger partial charge in [0.15, 0.2) is 0 Å². The van der Waals surface area contributed by atoms with Gasteiger partial charge >= 0.3 is 0 Å². The predicted molar refractivity (Wildman–Crippen MR) is 316 cm³/mol. The van der Waals surface area contributed by atoms with E-state index >= 15 is 0 Å². The molecule has 13 rings (SSSR count). The first-order valence-corrected chi connectivity index (χ1v) is 25.8. The lowest BCUT2D eigenvalue weighted by atomic mass is 9.67. The quantitative estimate of drug-likeness (QED) is 0.128. The molecule has 75 heavy (non-hydrogen) atoms. The van der Waals surface area contributed by atoms with Crippen LogP contribution in [0, 0.1) is 0 Å². The van der Waals surface area contributed by atoms with Gasteiger partial charge in [-0.05, 0) is 161 Å². The summed E-state index contributed by atoms with van der Waals surface area (Å²) < 4.78 is 0. The molecule has 0 aliphatic heterocycles. The van der Waals surface area contributed by atoms with Crippen LogP contribution < -0.4 is 10.6 Å². The van der Waals surface area contributed by atoms with Gasteiger partial charge in [0.05, 0.1) is 5.41 Å². The Bertz CT molecular complexity index is 3700. The lowest BCUT2D eigenvalue weighted by molar-refractivity contribution is 0.769. The Morgan fingerprint density at radius 3 is 0.907 bits per heavy atom. The summed E-state index contributed by atoms with van der Waals surface area (Å²) in [6.07, 6.45) is 0. The molecule has 0 unspecified atom stereocenters. The highest BCUT2D eigenvalue weighted by Crippen LogP contribution is 2.57. The summed E-state index contributed by atoms with van der Waals surface area (Å²) in [5, 5.41) is 7.52. The summed E-state index contributed by atoms with van der Waals surface area (Å²) in [4.78, 5) is 0. The zero-order chi connectivity index (χ0) is 50.0. The van der Waals surface area contributed by atoms with E-state index < -0.39 is 5.41 Å². The van der Waals surface area contributed by atoms with E-state index in [0.29, 0.717) is 0 Å². The minimum absolute atomic E-state index is 0.647. The number of nitrogens with one attached hydrogen (secondary N) is 2. The van der Waals surface area contributed by atoms with Gasteiger partial charge in [-0.15, -0.1) is 0 Å². The Morgan fingerprint density at radius 2 is 0.507 bits per heavy atom. The summed E-state index contributed by atoms with van der Waals surface area (Å²) in [5.41, 5.74) is 25.0. The lowest BCUT2D eigenvalue weighted by Crippen LogP contribution is -2.28. The van der Waals surface area contributed by atoms with Crippen molar-refractivity contribution in [2.45, 2.75) is 5.41 Å². The number of rotatable bonds is 12. The van der Waals surface area contributed by atoms with E-state index in [-0.39, 0.29) is 0 Å². The van der Waals surface area contributed by atoms with E-state index in [2.05, 4.69) is 314 Å². The predicted octanol–water partition coefficient (Wildman–Crippen LogP) is 19.5. The van der Waals surface area contributed by atoms with Crippen molar-refractivity contribution in [3.63, 3.8) is 0 Å². The van der Waals surface area contributed by atoms with Gasteiger partial charge in [0.25, 0.3) is 0 Å². The van der Waals surface area contributed by atoms with Gasteiger partial charge in [0.1, 0.15) is 0 Å². The smallest absolute Gasteiger partial charge is 0.0713 e. The minimum Gasteiger partial charge on any atom is -0.356 e. The van der Waals surface area contributed by atoms with Crippen molar-refractivity contribution in [3.05, 3.63) is 326 Å². The second kappa shape index (κ2) is 19.7. The molecule has 0 saturated heterocycles. The minimum atomic E-state index is -0.647. The molecular formula is C73H52N2. The average molecular weight is 957 g/mol. The Labute approximate surface area is 440 Å². The maximum Gasteiger partial charge on any atom is 0.0713 e. The van der Waals surface area contributed by atoms with Gasteiger partial charge < -0.3 is 10.6 Å². The Hall–Kier alpha value is -9.76. The third kappa shape index (κ3) is 8.59. The molecule has 2 nitrogen and oxygen atoms in total. The molecule has 1 aliphatic rings. The highest BCUT2D eigenvalue weighted by atomic mass is 14.9. The van der Waals surface area contributed by atoms with Crippen LogP contribution in [0.1, 0.15) is 22.3 Å². The van der Waals surface area contributed by atoms with Crippen LogP contribution in [0.5, 0.6) is 0 Å². The van der Waals surface area contributed by atoms with E-state index in [1.807, 2.05) is 0 Å². The maximum absolute atomic E-state index is 3.76. The van der Waals surface area contributed by atoms with Crippen molar-refractivity contribution < 1.29 is 0 Å². The first kappa shape index (κ1) is 45.1. The molecule has 0 spiro atoms. The summed E-state index contributed by atoms with van der Waals surface area (Å²) in [6.45, 7) is 0. The van der Waals surface area contributed by atoms with E-state index in [9.17, 15) is 0 Å². The molecule has 2 N–H and O–H groups in total. The molecule has 0 saturated carbocycles. The van der Waals surface area contributed by atoms with Gasteiger partial charge in [-0.2, -0.15) is 0 Å². The van der Waals surface area contributed by atoms with Gasteiger partial charge in [0.2, 0.25) is 0 Å². The van der Waals surface area contributed by atoms with Crippen LogP contribution in [0.25, 0.3) is 77.9 Å². The molecule has 0 radical (unpaired) electrons. The third-order valence-corrected chi connectivity index (χ3v) is 14.9. The normalized spacial score (nSPS) is 12.1. The Morgan fingerprint density at radius 1 is 0.187 bits per heavy atom. The SMILES string of the molecule is c1ccc(-c2ccc(Nc3ccc(-c4ccccc4)c(-c4cccc(C5(c6cccc(-c7cc(Nc8ccc(-c9ccccc9)cc8)ccc7-c7ccccc7)c6)c6ccccc6-c6ccccc65)c4)c3)cc2)cc1. The van der Waals surface area contributed by atoms with E-state index in [1.54, 1.807) is 0 Å². The summed E-state index contributed by atoms with van der Waals surface area (Å²) >= 11 is 0. The molecule has 0 aromatic heterocycles. The van der Waals surface area contributed by atoms with E-state index in [1.165, 1.54) is 77.9 Å². The molecule has 12 aromatic carbocycles. The maximum atomic E-state index is 3.76. The molecule has 0 amide bonds. The van der Waals surface area contributed by atoms with Gasteiger partial charge in [-0.3, -0.25) is 0 Å². The second-order valence-electron chi connectivity index (χ2n) is 19.4. The molecule has 354 valence electrons. The van der Waals surface area contributed by atoms with Crippen molar-refractivity contribution in [2.24, 2.45) is 0 Å². The van der Waals surface area contributed by atoms with Crippen molar-refractivity contribution in [3.8, 4) is 77.9 Å². The van der Waals surface area contributed by atoms with E-state index in [4.69, 9.17) is 0 Å². The van der Waals surface area contributed by atoms with Gasteiger partial charge in [-0.25, -0.2) is 0 Å². The monoisotopic (exact) mass is 956 g/mol. The summed E-state index contributed by atoms with van der Waals surface area (Å²) in [5.74, 6) is 0. The molecular weight excluding hydrogens is 905 g/mol. The highest BCUT2D eigenvalue weighted by molar-refractivity contribution is 5.92. The van der Waals surface area contributed by atoms with Crippen LogP contribution in [0.3, 0.4) is 0 Å². The zero-order valence-electron chi connectivity index (χ0n) is 41.4. The van der Waals surface area contributed by atoms with Gasteiger partial charge in [0, 0.05) is 22.7 Å².